The zero-order valence-electron chi connectivity index (χ0n) is 41.5. The molecule has 2 rings (SSSR count). The Balaban J connectivity index is 0.00000640. The number of benzene rings is 2. The van der Waals surface area contributed by atoms with Gasteiger partial charge in [0.05, 0.1) is 25.7 Å². The van der Waals surface area contributed by atoms with Crippen molar-refractivity contribution in [2.24, 2.45) is 27.9 Å². The highest BCUT2D eigenvalue weighted by Gasteiger charge is 2.30. The Bertz CT molecular complexity index is 2200. The molecule has 27 heteroatoms. The van der Waals surface area contributed by atoms with Gasteiger partial charge in [-0.15, -0.1) is 0 Å². The van der Waals surface area contributed by atoms with E-state index in [1.807, 2.05) is 0 Å². The Morgan fingerprint density at radius 3 is 1.44 bits per heavy atom. The molecular formula is C46H70N14O12S. The monoisotopic (exact) mass is 1040 g/mol. The highest BCUT2D eigenvalue weighted by atomic mass is 32.2. The number of nitrogens with one attached hydrogen (secondary N) is 9. The number of aliphatic carboxylic acids is 1. The van der Waals surface area contributed by atoms with Crippen molar-refractivity contribution in [3.63, 3.8) is 0 Å². The van der Waals surface area contributed by atoms with Crippen LogP contribution in [0.2, 0.25) is 0 Å². The molecule has 0 aliphatic rings. The summed E-state index contributed by atoms with van der Waals surface area (Å²) in [5, 5.41) is 29.9. The zero-order valence-corrected chi connectivity index (χ0v) is 42.3. The fraction of sp³-hybridized carbons (Fsp3) is 0.478. The number of amides is 10. The molecule has 0 heterocycles. The molecule has 0 saturated heterocycles. The second kappa shape index (κ2) is 34.5. The standard InChI is InChI=1S/C44H66N14O10S.C2H4O2/c1-25(45)38(63)54-26(2)39(64)50-23-35(60)55-31(17-19-69-4)41(66)51-24-36(61)56-33(21-29-14-9-6-10-15-29)43(68)58-32(20-28-12-7-5-8-13-28)42(67)52-22-34(59)53-27(3)40(65)57-30(37(46)62)16-11-18-49-44(47)48;1-2(3)4/h5-10,12-15,25-27,30-33H,11,16-24,45H2,1-4H3,(H2,46,62)(H,50,64)(H,51,66)(H,52,67)(H,53,59)(H,54,63)(H,55,60)(H,56,61)(H,57,65)(H,58,68)(H4,47,48,49);1H3,(H,3,4)/t25-,26-,27-,30-,31-,32-,33-;/m0./s1. The number of aliphatic imine (C=N–C) groups is 1. The van der Waals surface area contributed by atoms with Gasteiger partial charge >= 0.3 is 0 Å². The summed E-state index contributed by atoms with van der Waals surface area (Å²) in [5.41, 5.74) is 22.9. The van der Waals surface area contributed by atoms with Crippen molar-refractivity contribution in [1.82, 2.24) is 47.9 Å². The Morgan fingerprint density at radius 2 is 0.973 bits per heavy atom. The van der Waals surface area contributed by atoms with Gasteiger partial charge in [-0.05, 0) is 63.2 Å². The molecule has 0 aliphatic heterocycles. The van der Waals surface area contributed by atoms with Gasteiger partial charge in [-0.25, -0.2) is 0 Å². The maximum absolute atomic E-state index is 14.0. The fourth-order valence-corrected chi connectivity index (χ4v) is 6.61. The van der Waals surface area contributed by atoms with Crippen molar-refractivity contribution in [2.75, 3.05) is 38.2 Å². The molecule has 26 nitrogen and oxygen atoms in total. The number of primary amides is 1. The van der Waals surface area contributed by atoms with E-state index in [0.29, 0.717) is 23.3 Å². The summed E-state index contributed by atoms with van der Waals surface area (Å²) >= 11 is 1.40. The maximum Gasteiger partial charge on any atom is 0.300 e. The third-order valence-corrected chi connectivity index (χ3v) is 10.6. The molecule has 73 heavy (non-hydrogen) atoms. The van der Waals surface area contributed by atoms with Crippen LogP contribution in [0.25, 0.3) is 0 Å². The van der Waals surface area contributed by atoms with Gasteiger partial charge in [-0.3, -0.25) is 57.7 Å². The topological polar surface area (TPSA) is 433 Å². The molecular weight excluding hydrogens is 973 g/mol. The van der Waals surface area contributed by atoms with E-state index >= 15 is 0 Å². The molecule has 0 bridgehead atoms. The number of nitrogens with zero attached hydrogens (tertiary/aromatic N) is 1. The van der Waals surface area contributed by atoms with Crippen molar-refractivity contribution < 1.29 is 57.8 Å². The van der Waals surface area contributed by atoms with Crippen molar-refractivity contribution in [2.45, 2.75) is 102 Å². The number of thioether (sulfide) groups is 1. The van der Waals surface area contributed by atoms with E-state index in [9.17, 15) is 47.9 Å². The molecule has 0 unspecified atom stereocenters. The molecule has 0 aliphatic carbocycles. The van der Waals surface area contributed by atoms with Gasteiger partial charge in [0.2, 0.25) is 59.1 Å². The van der Waals surface area contributed by atoms with Crippen molar-refractivity contribution >= 4 is 82.8 Å². The second-order valence-corrected chi connectivity index (χ2v) is 17.3. The highest BCUT2D eigenvalue weighted by Crippen LogP contribution is 2.08. The van der Waals surface area contributed by atoms with E-state index < -0.39 is 127 Å². The lowest BCUT2D eigenvalue weighted by molar-refractivity contribution is -0.134. The third-order valence-electron chi connectivity index (χ3n) is 9.92. The molecule has 0 aromatic heterocycles. The second-order valence-electron chi connectivity index (χ2n) is 16.4. The molecule has 7 atom stereocenters. The third kappa shape index (κ3) is 28.0. The van der Waals surface area contributed by atoms with E-state index in [1.54, 1.807) is 66.9 Å². The summed E-state index contributed by atoms with van der Waals surface area (Å²) in [6.07, 6.45) is 2.34. The number of hydrogen-bond acceptors (Lipinski definition) is 14. The van der Waals surface area contributed by atoms with E-state index in [1.165, 1.54) is 32.5 Å². The van der Waals surface area contributed by atoms with Crippen LogP contribution in [0.1, 0.15) is 58.1 Å². The van der Waals surface area contributed by atoms with Crippen LogP contribution in [0.5, 0.6) is 0 Å². The van der Waals surface area contributed by atoms with Crippen LogP contribution < -0.4 is 70.8 Å². The van der Waals surface area contributed by atoms with Gasteiger partial charge < -0.3 is 75.9 Å². The smallest absolute Gasteiger partial charge is 0.300 e. The quantitative estimate of drug-likeness (QED) is 0.0199. The Hall–Kier alpha value is -7.81. The number of carboxylic acid groups (broad SMARTS) is 1. The van der Waals surface area contributed by atoms with E-state index in [-0.39, 0.29) is 38.2 Å². The Morgan fingerprint density at radius 1 is 0.548 bits per heavy atom. The molecule has 0 fully saturated rings. The average Bonchev–Trinajstić information content (AvgIpc) is 3.33. The van der Waals surface area contributed by atoms with Crippen LogP contribution in [0.4, 0.5) is 0 Å². The molecule has 2 aromatic rings. The normalized spacial score (nSPS) is 13.3. The summed E-state index contributed by atoms with van der Waals surface area (Å²) in [5.74, 6) is -7.81. The van der Waals surface area contributed by atoms with Crippen LogP contribution in [-0.2, 0) is 65.6 Å². The maximum atomic E-state index is 14.0. The number of hydrogen-bond donors (Lipinski definition) is 14. The predicted molar refractivity (Wildman–Crippen MR) is 271 cm³/mol. The first-order valence-electron chi connectivity index (χ1n) is 22.9. The van der Waals surface area contributed by atoms with E-state index in [4.69, 9.17) is 32.8 Å². The predicted octanol–water partition coefficient (Wildman–Crippen LogP) is -4.50. The molecule has 2 aromatic carbocycles. The largest absolute Gasteiger partial charge is 0.481 e. The number of carboxylic acids is 1. The molecule has 0 radical (unpaired) electrons. The van der Waals surface area contributed by atoms with Crippen LogP contribution in [0, 0.1) is 0 Å². The number of carbonyl (C=O) groups excluding carboxylic acids is 10. The van der Waals surface area contributed by atoms with Crippen molar-refractivity contribution in [3.05, 3.63) is 71.8 Å². The Kier molecular flexibility index (Phi) is 29.9. The number of rotatable bonds is 30. The van der Waals surface area contributed by atoms with Crippen LogP contribution in [0.15, 0.2) is 65.7 Å². The van der Waals surface area contributed by atoms with Gasteiger partial charge in [-0.2, -0.15) is 11.8 Å². The summed E-state index contributed by atoms with van der Waals surface area (Å²) in [4.78, 5) is 142. The van der Waals surface area contributed by atoms with Gasteiger partial charge in [0.15, 0.2) is 5.96 Å². The Labute approximate surface area is 427 Å². The molecule has 0 saturated carbocycles. The number of nitrogens with two attached hydrogens (primary N) is 4. The van der Waals surface area contributed by atoms with Gasteiger partial charge in [0.1, 0.15) is 36.3 Å². The van der Waals surface area contributed by atoms with E-state index in [2.05, 4.69) is 52.8 Å². The lowest BCUT2D eigenvalue weighted by Gasteiger charge is -2.24. The van der Waals surface area contributed by atoms with Crippen LogP contribution in [-0.4, -0.2) is 157 Å². The number of guanidine groups is 1. The minimum absolute atomic E-state index is 0.0332. The summed E-state index contributed by atoms with van der Waals surface area (Å²) in [6, 6.07) is 9.61. The van der Waals surface area contributed by atoms with Crippen LogP contribution in [0.3, 0.4) is 0 Å². The van der Waals surface area contributed by atoms with Gasteiger partial charge in [-0.1, -0.05) is 60.7 Å². The molecule has 0 spiro atoms. The summed E-state index contributed by atoms with van der Waals surface area (Å²) < 4.78 is 0. The minimum atomic E-state index is -1.28. The lowest BCUT2D eigenvalue weighted by Crippen LogP contribution is -2.57. The van der Waals surface area contributed by atoms with Gasteiger partial charge in [0, 0.05) is 26.3 Å². The molecule has 10 amide bonds. The van der Waals surface area contributed by atoms with Gasteiger partial charge in [0.25, 0.3) is 5.97 Å². The first-order chi connectivity index (χ1) is 34.4. The van der Waals surface area contributed by atoms with E-state index in [0.717, 1.165) is 6.92 Å². The highest BCUT2D eigenvalue weighted by molar-refractivity contribution is 7.98. The number of carbonyl (C=O) groups is 11. The fourth-order valence-electron chi connectivity index (χ4n) is 6.14. The zero-order chi connectivity index (χ0) is 55.0. The van der Waals surface area contributed by atoms with Crippen molar-refractivity contribution in [1.29, 1.82) is 0 Å². The van der Waals surface area contributed by atoms with Crippen LogP contribution >= 0.6 is 11.8 Å². The lowest BCUT2D eigenvalue weighted by atomic mass is 10.0. The average molecular weight is 1040 g/mol. The molecule has 402 valence electrons. The molecule has 18 N–H and O–H groups in total. The first kappa shape index (κ1) is 63.2. The first-order valence-corrected chi connectivity index (χ1v) is 24.3. The SMILES string of the molecule is CC(=O)O.CSCC[C@H](NC(=O)CNC(=O)[C@H](C)NC(=O)[C@H](C)N)C(=O)NCC(=O)N[C@@H](Cc1ccccc1)C(=O)N[C@@H](Cc1ccccc1)C(=O)NCC(=O)N[C@@H](C)C(=O)N[C@@H](CCCN=C(N)N)C(N)=O. The minimum Gasteiger partial charge on any atom is -0.481 e. The van der Waals surface area contributed by atoms with Crippen molar-refractivity contribution in [3.8, 4) is 0 Å². The summed E-state index contributed by atoms with van der Waals surface area (Å²) in [7, 11) is 0. The summed E-state index contributed by atoms with van der Waals surface area (Å²) in [6.45, 7) is 3.75.